The van der Waals surface area contributed by atoms with Crippen LogP contribution in [-0.2, 0) is 9.47 Å². The van der Waals surface area contributed by atoms with Crippen LogP contribution in [0, 0.1) is 6.92 Å². The van der Waals surface area contributed by atoms with Gasteiger partial charge in [-0.15, -0.1) is 0 Å². The third-order valence-electron chi connectivity index (χ3n) is 3.76. The summed E-state index contributed by atoms with van der Waals surface area (Å²) in [6.07, 6.45) is 6.13. The van der Waals surface area contributed by atoms with Gasteiger partial charge in [-0.05, 0) is 44.2 Å². The van der Waals surface area contributed by atoms with Gasteiger partial charge in [0.1, 0.15) is 37.6 Å². The van der Waals surface area contributed by atoms with E-state index in [0.717, 1.165) is 12.0 Å². The van der Waals surface area contributed by atoms with Crippen molar-refractivity contribution in [2.24, 2.45) is 0 Å². The van der Waals surface area contributed by atoms with Gasteiger partial charge in [0.25, 0.3) is 0 Å². The normalized spacial score (nSPS) is 11.3. The van der Waals surface area contributed by atoms with Crippen molar-refractivity contribution in [3.8, 4) is 5.75 Å². The van der Waals surface area contributed by atoms with Gasteiger partial charge in [-0.25, -0.2) is 4.79 Å². The van der Waals surface area contributed by atoms with E-state index >= 15 is 0 Å². The van der Waals surface area contributed by atoms with Crippen LogP contribution >= 0.6 is 0 Å². The van der Waals surface area contributed by atoms with Crippen molar-refractivity contribution in [1.82, 2.24) is 0 Å². The van der Waals surface area contributed by atoms with Gasteiger partial charge in [0.2, 0.25) is 0 Å². The maximum atomic E-state index is 12.1. The van der Waals surface area contributed by atoms with Crippen LogP contribution in [0.3, 0.4) is 0 Å². The molecule has 5 heteroatoms. The summed E-state index contributed by atoms with van der Waals surface area (Å²) in [7, 11) is 0. The zero-order valence-corrected chi connectivity index (χ0v) is 16.1. The number of carbonyl (C=O) groups excluding carboxylic acids is 2. The molecule has 2 aromatic rings. The smallest absolute Gasteiger partial charge is 0.338 e. The summed E-state index contributed by atoms with van der Waals surface area (Å²) < 4.78 is 16.6. The molecule has 0 saturated heterocycles. The Morgan fingerprint density at radius 1 is 0.964 bits per heavy atom. The number of allylic oxidation sites excluding steroid dienone is 3. The van der Waals surface area contributed by atoms with E-state index in [4.69, 9.17) is 14.2 Å². The average molecular weight is 380 g/mol. The topological polar surface area (TPSA) is 61.8 Å². The molecule has 0 fully saturated rings. The predicted octanol–water partition coefficient (Wildman–Crippen LogP) is 4.52. The lowest BCUT2D eigenvalue weighted by atomic mass is 10.1. The van der Waals surface area contributed by atoms with E-state index in [1.54, 1.807) is 30.3 Å². The summed E-state index contributed by atoms with van der Waals surface area (Å²) in [4.78, 5) is 22.8. The first-order valence-electron chi connectivity index (χ1n) is 8.99. The molecule has 0 amide bonds. The molecule has 28 heavy (non-hydrogen) atoms. The first-order chi connectivity index (χ1) is 13.6. The molecule has 146 valence electrons. The molecule has 0 aliphatic heterocycles. The van der Waals surface area contributed by atoms with Crippen molar-refractivity contribution in [3.05, 3.63) is 89.2 Å². The van der Waals surface area contributed by atoms with Crippen LogP contribution in [0.25, 0.3) is 0 Å². The van der Waals surface area contributed by atoms with E-state index in [9.17, 15) is 9.59 Å². The highest BCUT2D eigenvalue weighted by Crippen LogP contribution is 2.11. The van der Waals surface area contributed by atoms with Crippen LogP contribution in [0.5, 0.6) is 5.75 Å². The molecule has 0 heterocycles. The van der Waals surface area contributed by atoms with Crippen LogP contribution in [-0.4, -0.2) is 32.1 Å². The van der Waals surface area contributed by atoms with Gasteiger partial charge >= 0.3 is 5.97 Å². The number of aldehydes is 1. The average Bonchev–Trinajstić information content (AvgIpc) is 2.73. The highest BCUT2D eigenvalue weighted by atomic mass is 16.6. The summed E-state index contributed by atoms with van der Waals surface area (Å²) in [6, 6.07) is 14.0. The van der Waals surface area contributed by atoms with Crippen LogP contribution in [0.1, 0.15) is 33.2 Å². The SMILES string of the molecule is C/C=C\C=C(/COC(=O)c1ccc(C=O)cc1)OCCOc1ccc(C)cc1. The lowest BCUT2D eigenvalue weighted by molar-refractivity contribution is 0.0447. The molecule has 0 saturated carbocycles. The summed E-state index contributed by atoms with van der Waals surface area (Å²) in [6.45, 7) is 4.60. The zero-order chi connectivity index (χ0) is 20.2. The first kappa shape index (κ1) is 21.0. The molecule has 0 N–H and O–H groups in total. The van der Waals surface area contributed by atoms with Gasteiger partial charge in [0, 0.05) is 5.56 Å². The third-order valence-corrected chi connectivity index (χ3v) is 3.76. The van der Waals surface area contributed by atoms with Crippen molar-refractivity contribution in [1.29, 1.82) is 0 Å². The van der Waals surface area contributed by atoms with E-state index in [0.29, 0.717) is 30.1 Å². The Bertz CT molecular complexity index is 817. The lowest BCUT2D eigenvalue weighted by Gasteiger charge is -2.12. The van der Waals surface area contributed by atoms with Crippen LogP contribution in [0.4, 0.5) is 0 Å². The van der Waals surface area contributed by atoms with Gasteiger partial charge in [0.15, 0.2) is 0 Å². The number of aryl methyl sites for hydroxylation is 1. The fourth-order valence-corrected chi connectivity index (χ4v) is 2.23. The minimum absolute atomic E-state index is 0.00311. The van der Waals surface area contributed by atoms with Crippen molar-refractivity contribution < 1.29 is 23.8 Å². The molecular formula is C23H24O5. The predicted molar refractivity (Wildman–Crippen MR) is 108 cm³/mol. The first-order valence-corrected chi connectivity index (χ1v) is 8.99. The minimum atomic E-state index is -0.483. The van der Waals surface area contributed by atoms with Crippen LogP contribution < -0.4 is 4.74 Å². The van der Waals surface area contributed by atoms with E-state index in [2.05, 4.69) is 0 Å². The molecule has 0 aromatic heterocycles. The Balaban J connectivity index is 1.82. The molecule has 2 aromatic carbocycles. The quantitative estimate of drug-likeness (QED) is 0.199. The van der Waals surface area contributed by atoms with E-state index in [-0.39, 0.29) is 6.61 Å². The van der Waals surface area contributed by atoms with Crippen molar-refractivity contribution in [3.63, 3.8) is 0 Å². The Hall–Kier alpha value is -3.34. The molecule has 5 nitrogen and oxygen atoms in total. The number of carbonyl (C=O) groups is 2. The van der Waals surface area contributed by atoms with E-state index in [1.165, 1.54) is 5.56 Å². The van der Waals surface area contributed by atoms with E-state index in [1.807, 2.05) is 50.3 Å². The number of ether oxygens (including phenoxy) is 3. The minimum Gasteiger partial charge on any atom is -0.491 e. The Kier molecular flexibility index (Phi) is 8.53. The largest absolute Gasteiger partial charge is 0.491 e. The van der Waals surface area contributed by atoms with Gasteiger partial charge < -0.3 is 14.2 Å². The number of benzene rings is 2. The number of rotatable bonds is 10. The van der Waals surface area contributed by atoms with Crippen molar-refractivity contribution >= 4 is 12.3 Å². The maximum Gasteiger partial charge on any atom is 0.338 e. The van der Waals surface area contributed by atoms with Gasteiger partial charge in [-0.3, -0.25) is 4.79 Å². The summed E-state index contributed by atoms with van der Waals surface area (Å²) in [5, 5.41) is 0. The zero-order valence-electron chi connectivity index (χ0n) is 16.1. The Morgan fingerprint density at radius 2 is 1.68 bits per heavy atom. The fourth-order valence-electron chi connectivity index (χ4n) is 2.23. The molecule has 0 spiro atoms. The number of hydrogen-bond acceptors (Lipinski definition) is 5. The highest BCUT2D eigenvalue weighted by molar-refractivity contribution is 5.90. The standard InChI is InChI=1S/C23H24O5/c1-3-4-5-22(27-15-14-26-21-12-6-18(2)7-13-21)17-28-23(25)20-10-8-19(16-24)9-11-20/h3-13,16H,14-15,17H2,1-2H3/b4-3-,22-5+. The molecule has 0 atom stereocenters. The Labute approximate surface area is 165 Å². The van der Waals surface area contributed by atoms with E-state index < -0.39 is 5.97 Å². The van der Waals surface area contributed by atoms with Gasteiger partial charge in [-0.2, -0.15) is 0 Å². The number of esters is 1. The second-order valence-corrected chi connectivity index (χ2v) is 5.98. The van der Waals surface area contributed by atoms with Crippen molar-refractivity contribution in [2.75, 3.05) is 19.8 Å². The summed E-state index contributed by atoms with van der Waals surface area (Å²) in [5.41, 5.74) is 2.05. The number of hydrogen-bond donors (Lipinski definition) is 0. The summed E-state index contributed by atoms with van der Waals surface area (Å²) in [5.74, 6) is 0.810. The second-order valence-electron chi connectivity index (χ2n) is 5.98. The Morgan fingerprint density at radius 3 is 2.32 bits per heavy atom. The highest BCUT2D eigenvalue weighted by Gasteiger charge is 2.09. The molecule has 0 unspecified atom stereocenters. The third kappa shape index (κ3) is 7.11. The van der Waals surface area contributed by atoms with Gasteiger partial charge in [0.05, 0.1) is 5.56 Å². The molecular weight excluding hydrogens is 356 g/mol. The molecule has 0 aliphatic carbocycles. The maximum absolute atomic E-state index is 12.1. The summed E-state index contributed by atoms with van der Waals surface area (Å²) >= 11 is 0. The molecule has 0 bridgehead atoms. The van der Waals surface area contributed by atoms with Gasteiger partial charge in [-0.1, -0.05) is 42.0 Å². The molecule has 2 rings (SSSR count). The van der Waals surface area contributed by atoms with Crippen LogP contribution in [0.2, 0.25) is 0 Å². The lowest BCUT2D eigenvalue weighted by Crippen LogP contribution is -2.12. The van der Waals surface area contributed by atoms with Crippen LogP contribution in [0.15, 0.2) is 72.5 Å². The molecule has 0 aliphatic rings. The molecule has 0 radical (unpaired) electrons. The monoisotopic (exact) mass is 380 g/mol. The second kappa shape index (κ2) is 11.4. The fraction of sp³-hybridized carbons (Fsp3) is 0.217. The van der Waals surface area contributed by atoms with Crippen molar-refractivity contribution in [2.45, 2.75) is 13.8 Å².